The van der Waals surface area contributed by atoms with Crippen LogP contribution in [0.5, 0.6) is 0 Å². The second-order valence-electron chi connectivity index (χ2n) is 3.73. The number of nitriles is 1. The summed E-state index contributed by atoms with van der Waals surface area (Å²) in [6.45, 7) is 0. The Balaban J connectivity index is 2.37. The van der Waals surface area contributed by atoms with Crippen LogP contribution in [0.1, 0.15) is 11.1 Å². The first-order valence-electron chi connectivity index (χ1n) is 5.32. The molecule has 18 heavy (non-hydrogen) atoms. The van der Waals surface area contributed by atoms with Crippen LogP contribution in [0.4, 0.5) is 0 Å². The van der Waals surface area contributed by atoms with E-state index in [0.717, 1.165) is 15.6 Å². The van der Waals surface area contributed by atoms with Crippen molar-refractivity contribution in [3.05, 3.63) is 69.2 Å². The van der Waals surface area contributed by atoms with Gasteiger partial charge < -0.3 is 0 Å². The van der Waals surface area contributed by atoms with E-state index in [0.29, 0.717) is 10.6 Å². The standard InChI is InChI=1S/C15H9BrClN/c16-14-5-3-12(4-6-14)13(10-18)9-11-1-7-15(17)8-2-11/h1-9H/b13-9+. The Morgan fingerprint density at radius 1 is 1.06 bits per heavy atom. The number of halogens is 2. The zero-order chi connectivity index (χ0) is 13.0. The number of benzene rings is 2. The van der Waals surface area contributed by atoms with E-state index < -0.39 is 0 Å². The largest absolute Gasteiger partial charge is 0.192 e. The SMILES string of the molecule is N#C/C(=C\c1ccc(Cl)cc1)c1ccc(Br)cc1. The molecule has 0 aliphatic carbocycles. The Morgan fingerprint density at radius 3 is 2.22 bits per heavy atom. The van der Waals surface area contributed by atoms with Gasteiger partial charge in [0.05, 0.1) is 11.6 Å². The molecule has 3 heteroatoms. The Hall–Kier alpha value is -1.56. The second-order valence-corrected chi connectivity index (χ2v) is 5.08. The third-order valence-electron chi connectivity index (χ3n) is 2.46. The molecule has 0 fully saturated rings. The molecule has 1 nitrogen and oxygen atoms in total. The van der Waals surface area contributed by atoms with Crippen molar-refractivity contribution in [1.29, 1.82) is 5.26 Å². The molecule has 0 unspecified atom stereocenters. The summed E-state index contributed by atoms with van der Waals surface area (Å²) in [6.07, 6.45) is 1.85. The molecule has 0 atom stereocenters. The molecule has 0 saturated heterocycles. The van der Waals surface area contributed by atoms with Crippen LogP contribution in [0.25, 0.3) is 11.6 Å². The van der Waals surface area contributed by atoms with Crippen molar-refractivity contribution in [3.8, 4) is 6.07 Å². The molecular formula is C15H9BrClN. The third kappa shape index (κ3) is 3.22. The smallest absolute Gasteiger partial charge is 0.0998 e. The average Bonchev–Trinajstić information content (AvgIpc) is 2.39. The van der Waals surface area contributed by atoms with Crippen molar-refractivity contribution < 1.29 is 0 Å². The summed E-state index contributed by atoms with van der Waals surface area (Å²) >= 11 is 9.20. The molecule has 2 rings (SSSR count). The van der Waals surface area contributed by atoms with Gasteiger partial charge in [-0.2, -0.15) is 5.26 Å². The van der Waals surface area contributed by atoms with E-state index >= 15 is 0 Å². The average molecular weight is 319 g/mol. The lowest BCUT2D eigenvalue weighted by Crippen LogP contribution is -1.81. The van der Waals surface area contributed by atoms with E-state index in [1.165, 1.54) is 0 Å². The fourth-order valence-electron chi connectivity index (χ4n) is 1.54. The van der Waals surface area contributed by atoms with E-state index in [1.54, 1.807) is 0 Å². The highest BCUT2D eigenvalue weighted by atomic mass is 79.9. The summed E-state index contributed by atoms with van der Waals surface area (Å²) in [5.74, 6) is 0. The van der Waals surface area contributed by atoms with Gasteiger partial charge in [-0.25, -0.2) is 0 Å². The Labute approximate surface area is 119 Å². The molecule has 0 bridgehead atoms. The number of hydrogen-bond acceptors (Lipinski definition) is 1. The van der Waals surface area contributed by atoms with E-state index in [2.05, 4.69) is 22.0 Å². The predicted molar refractivity (Wildman–Crippen MR) is 79.1 cm³/mol. The van der Waals surface area contributed by atoms with Gasteiger partial charge in [0.1, 0.15) is 0 Å². The van der Waals surface area contributed by atoms with Gasteiger partial charge in [-0.05, 0) is 41.5 Å². The quantitative estimate of drug-likeness (QED) is 0.554. The van der Waals surface area contributed by atoms with Crippen LogP contribution in [0.2, 0.25) is 5.02 Å². The summed E-state index contributed by atoms with van der Waals surface area (Å²) in [6, 6.07) is 17.3. The van der Waals surface area contributed by atoms with E-state index in [9.17, 15) is 5.26 Å². The lowest BCUT2D eigenvalue weighted by Gasteiger charge is -2.00. The predicted octanol–water partition coefficient (Wildman–Crippen LogP) is 5.17. The Morgan fingerprint density at radius 2 is 1.67 bits per heavy atom. The Bertz CT molecular complexity index is 606. The molecule has 0 amide bonds. The second kappa shape index (κ2) is 5.86. The van der Waals surface area contributed by atoms with Crippen molar-refractivity contribution in [2.75, 3.05) is 0 Å². The van der Waals surface area contributed by atoms with Gasteiger partial charge in [-0.15, -0.1) is 0 Å². The highest BCUT2D eigenvalue weighted by molar-refractivity contribution is 9.10. The molecule has 0 N–H and O–H groups in total. The summed E-state index contributed by atoms with van der Waals surface area (Å²) in [7, 11) is 0. The van der Waals surface area contributed by atoms with Crippen LogP contribution in [0, 0.1) is 11.3 Å². The van der Waals surface area contributed by atoms with Crippen molar-refractivity contribution in [2.24, 2.45) is 0 Å². The van der Waals surface area contributed by atoms with Gasteiger partial charge in [0.25, 0.3) is 0 Å². The molecule has 0 heterocycles. The number of nitrogens with zero attached hydrogens (tertiary/aromatic N) is 1. The minimum Gasteiger partial charge on any atom is -0.192 e. The van der Waals surface area contributed by atoms with Gasteiger partial charge in [0, 0.05) is 9.50 Å². The van der Waals surface area contributed by atoms with Gasteiger partial charge in [-0.3, -0.25) is 0 Å². The van der Waals surface area contributed by atoms with Crippen LogP contribution in [-0.2, 0) is 0 Å². The molecule has 2 aromatic rings. The molecule has 88 valence electrons. The van der Waals surface area contributed by atoms with Gasteiger partial charge in [-0.1, -0.05) is 51.8 Å². The molecule has 0 saturated carbocycles. The van der Waals surface area contributed by atoms with Crippen LogP contribution < -0.4 is 0 Å². The molecule has 0 spiro atoms. The van der Waals surface area contributed by atoms with Gasteiger partial charge in [0.2, 0.25) is 0 Å². The molecule has 2 aromatic carbocycles. The third-order valence-corrected chi connectivity index (χ3v) is 3.24. The highest BCUT2D eigenvalue weighted by Crippen LogP contribution is 2.20. The van der Waals surface area contributed by atoms with Crippen molar-refractivity contribution in [1.82, 2.24) is 0 Å². The van der Waals surface area contributed by atoms with Crippen LogP contribution in [0.3, 0.4) is 0 Å². The topological polar surface area (TPSA) is 23.8 Å². The monoisotopic (exact) mass is 317 g/mol. The van der Waals surface area contributed by atoms with Gasteiger partial charge >= 0.3 is 0 Å². The maximum atomic E-state index is 9.21. The molecule has 0 aromatic heterocycles. The minimum absolute atomic E-state index is 0.629. The number of rotatable bonds is 2. The van der Waals surface area contributed by atoms with Crippen molar-refractivity contribution in [3.63, 3.8) is 0 Å². The molecule has 0 aliphatic rings. The summed E-state index contributed by atoms with van der Waals surface area (Å²) < 4.78 is 0.995. The number of hydrogen-bond donors (Lipinski definition) is 0. The van der Waals surface area contributed by atoms with Gasteiger partial charge in [0.15, 0.2) is 0 Å². The first kappa shape index (κ1) is 12.9. The van der Waals surface area contributed by atoms with Crippen molar-refractivity contribution in [2.45, 2.75) is 0 Å². The van der Waals surface area contributed by atoms with Crippen molar-refractivity contribution >= 4 is 39.2 Å². The highest BCUT2D eigenvalue weighted by Gasteiger charge is 2.00. The molecular weight excluding hydrogens is 310 g/mol. The lowest BCUT2D eigenvalue weighted by molar-refractivity contribution is 1.52. The van der Waals surface area contributed by atoms with E-state index in [-0.39, 0.29) is 0 Å². The first-order chi connectivity index (χ1) is 8.69. The van der Waals surface area contributed by atoms with Crippen LogP contribution in [-0.4, -0.2) is 0 Å². The fraction of sp³-hybridized carbons (Fsp3) is 0. The maximum absolute atomic E-state index is 9.21. The fourth-order valence-corrected chi connectivity index (χ4v) is 1.93. The summed E-state index contributed by atoms with van der Waals surface area (Å²) in [4.78, 5) is 0. The minimum atomic E-state index is 0.629. The van der Waals surface area contributed by atoms with Crippen LogP contribution >= 0.6 is 27.5 Å². The van der Waals surface area contributed by atoms with E-state index in [1.807, 2.05) is 54.6 Å². The Kier molecular flexibility index (Phi) is 4.19. The zero-order valence-corrected chi connectivity index (χ0v) is 11.7. The summed E-state index contributed by atoms with van der Waals surface area (Å²) in [5, 5.41) is 9.90. The maximum Gasteiger partial charge on any atom is 0.0998 e. The first-order valence-corrected chi connectivity index (χ1v) is 6.49. The number of allylic oxidation sites excluding steroid dienone is 1. The lowest BCUT2D eigenvalue weighted by atomic mass is 10.0. The van der Waals surface area contributed by atoms with Crippen LogP contribution in [0.15, 0.2) is 53.0 Å². The molecule has 0 radical (unpaired) electrons. The van der Waals surface area contributed by atoms with E-state index in [4.69, 9.17) is 11.6 Å². The molecule has 0 aliphatic heterocycles. The zero-order valence-electron chi connectivity index (χ0n) is 9.40. The normalized spacial score (nSPS) is 11.1. The summed E-state index contributed by atoms with van der Waals surface area (Å²) in [5.41, 5.74) is 2.49.